The van der Waals surface area contributed by atoms with Crippen LogP contribution in [0.5, 0.6) is 0 Å². The number of rotatable bonds is 8. The molecule has 1 rings (SSSR count). The Bertz CT molecular complexity index is 202. The summed E-state index contributed by atoms with van der Waals surface area (Å²) in [5, 5.41) is 3.83. The molecular formula is C17H35N. The van der Waals surface area contributed by atoms with Crippen LogP contribution in [0.1, 0.15) is 85.5 Å². The van der Waals surface area contributed by atoms with Gasteiger partial charge in [-0.15, -0.1) is 0 Å². The lowest BCUT2D eigenvalue weighted by atomic mass is 9.83. The maximum Gasteiger partial charge on any atom is 0.00674 e. The Morgan fingerprint density at radius 2 is 1.67 bits per heavy atom. The molecule has 18 heavy (non-hydrogen) atoms. The van der Waals surface area contributed by atoms with E-state index in [1.54, 1.807) is 0 Å². The Hall–Kier alpha value is -0.0400. The van der Waals surface area contributed by atoms with Gasteiger partial charge in [0.1, 0.15) is 0 Å². The first-order valence-corrected chi connectivity index (χ1v) is 8.30. The quantitative estimate of drug-likeness (QED) is 0.590. The molecule has 1 saturated carbocycles. The van der Waals surface area contributed by atoms with Crippen LogP contribution in [-0.4, -0.2) is 12.6 Å². The molecule has 0 radical (unpaired) electrons. The average molecular weight is 253 g/mol. The minimum absolute atomic E-state index is 0.483. The van der Waals surface area contributed by atoms with Gasteiger partial charge in [-0.25, -0.2) is 0 Å². The number of hydrogen-bond donors (Lipinski definition) is 1. The summed E-state index contributed by atoms with van der Waals surface area (Å²) in [6.45, 7) is 10.7. The van der Waals surface area contributed by atoms with E-state index in [0.717, 1.165) is 12.0 Å². The van der Waals surface area contributed by atoms with Crippen molar-refractivity contribution < 1.29 is 0 Å². The first-order chi connectivity index (χ1) is 8.57. The second kappa shape index (κ2) is 8.19. The lowest BCUT2D eigenvalue weighted by Crippen LogP contribution is -2.39. The van der Waals surface area contributed by atoms with E-state index < -0.39 is 0 Å². The average Bonchev–Trinajstić information content (AvgIpc) is 2.37. The van der Waals surface area contributed by atoms with Gasteiger partial charge in [0.2, 0.25) is 0 Å². The molecule has 0 atom stereocenters. The fourth-order valence-electron chi connectivity index (χ4n) is 3.14. The van der Waals surface area contributed by atoms with Crippen molar-refractivity contribution in [2.45, 2.75) is 91.5 Å². The van der Waals surface area contributed by atoms with E-state index >= 15 is 0 Å². The predicted octanol–water partition coefficient (Wildman–Crippen LogP) is 5.15. The SMILES string of the molecule is CCCCCC(C)(C)CNC1CCC(CC)CC1. The first-order valence-electron chi connectivity index (χ1n) is 8.30. The van der Waals surface area contributed by atoms with Gasteiger partial charge in [-0.3, -0.25) is 0 Å². The van der Waals surface area contributed by atoms with Crippen LogP contribution in [0, 0.1) is 11.3 Å². The molecule has 1 aliphatic rings. The molecule has 0 aromatic carbocycles. The molecule has 0 aromatic heterocycles. The summed E-state index contributed by atoms with van der Waals surface area (Å²) >= 11 is 0. The van der Waals surface area contributed by atoms with E-state index in [2.05, 4.69) is 33.0 Å². The summed E-state index contributed by atoms with van der Waals surface area (Å²) < 4.78 is 0. The fourth-order valence-corrected chi connectivity index (χ4v) is 3.14. The molecule has 0 heterocycles. The summed E-state index contributed by atoms with van der Waals surface area (Å²) in [5.41, 5.74) is 0.483. The van der Waals surface area contributed by atoms with E-state index in [-0.39, 0.29) is 0 Å². The van der Waals surface area contributed by atoms with Crippen LogP contribution < -0.4 is 5.32 Å². The van der Waals surface area contributed by atoms with Crippen LogP contribution >= 0.6 is 0 Å². The number of hydrogen-bond acceptors (Lipinski definition) is 1. The summed E-state index contributed by atoms with van der Waals surface area (Å²) in [5.74, 6) is 1.01. The van der Waals surface area contributed by atoms with Gasteiger partial charge in [-0.2, -0.15) is 0 Å². The van der Waals surface area contributed by atoms with E-state index in [1.165, 1.54) is 64.3 Å². The molecule has 1 fully saturated rings. The Morgan fingerprint density at radius 3 is 2.22 bits per heavy atom. The van der Waals surface area contributed by atoms with Gasteiger partial charge in [0.25, 0.3) is 0 Å². The van der Waals surface area contributed by atoms with Crippen molar-refractivity contribution in [3.8, 4) is 0 Å². The third kappa shape index (κ3) is 6.22. The van der Waals surface area contributed by atoms with Crippen molar-refractivity contribution in [1.29, 1.82) is 0 Å². The van der Waals surface area contributed by atoms with Crippen molar-refractivity contribution in [3.05, 3.63) is 0 Å². The third-order valence-corrected chi connectivity index (χ3v) is 4.75. The van der Waals surface area contributed by atoms with Gasteiger partial charge in [0, 0.05) is 12.6 Å². The molecule has 0 unspecified atom stereocenters. The maximum absolute atomic E-state index is 3.83. The molecule has 0 bridgehead atoms. The van der Waals surface area contributed by atoms with Gasteiger partial charge in [-0.1, -0.05) is 53.4 Å². The molecule has 0 amide bonds. The van der Waals surface area contributed by atoms with Crippen molar-refractivity contribution in [2.24, 2.45) is 11.3 Å². The lowest BCUT2D eigenvalue weighted by molar-refractivity contribution is 0.240. The molecular weight excluding hydrogens is 218 g/mol. The zero-order chi connectivity index (χ0) is 13.4. The number of nitrogens with one attached hydrogen (secondary N) is 1. The molecule has 108 valence electrons. The van der Waals surface area contributed by atoms with E-state index in [1.807, 2.05) is 0 Å². The molecule has 1 N–H and O–H groups in total. The second-order valence-electron chi connectivity index (χ2n) is 7.13. The molecule has 1 heteroatoms. The van der Waals surface area contributed by atoms with Crippen molar-refractivity contribution >= 4 is 0 Å². The van der Waals surface area contributed by atoms with Crippen molar-refractivity contribution in [3.63, 3.8) is 0 Å². The maximum atomic E-state index is 3.83. The minimum Gasteiger partial charge on any atom is -0.313 e. The zero-order valence-electron chi connectivity index (χ0n) is 13.2. The highest BCUT2D eigenvalue weighted by Crippen LogP contribution is 2.28. The minimum atomic E-state index is 0.483. The molecule has 0 spiro atoms. The van der Waals surface area contributed by atoms with Crippen molar-refractivity contribution in [2.75, 3.05) is 6.54 Å². The fraction of sp³-hybridized carbons (Fsp3) is 1.00. The molecule has 1 nitrogen and oxygen atoms in total. The van der Waals surface area contributed by atoms with Crippen LogP contribution in [0.4, 0.5) is 0 Å². The number of unbranched alkanes of at least 4 members (excludes halogenated alkanes) is 2. The van der Waals surface area contributed by atoms with Gasteiger partial charge in [0.05, 0.1) is 0 Å². The Kier molecular flexibility index (Phi) is 7.29. The van der Waals surface area contributed by atoms with Crippen LogP contribution in [0.2, 0.25) is 0 Å². The van der Waals surface area contributed by atoms with Crippen LogP contribution in [0.3, 0.4) is 0 Å². The molecule has 0 saturated heterocycles. The molecule has 0 aromatic rings. The van der Waals surface area contributed by atoms with E-state index in [9.17, 15) is 0 Å². The van der Waals surface area contributed by atoms with Gasteiger partial charge in [-0.05, 0) is 43.4 Å². The van der Waals surface area contributed by atoms with Gasteiger partial charge >= 0.3 is 0 Å². The van der Waals surface area contributed by atoms with E-state index in [0.29, 0.717) is 5.41 Å². The highest BCUT2D eigenvalue weighted by atomic mass is 14.9. The topological polar surface area (TPSA) is 12.0 Å². The summed E-state index contributed by atoms with van der Waals surface area (Å²) in [6, 6.07) is 0.804. The first kappa shape index (κ1) is 16.0. The molecule has 0 aliphatic heterocycles. The monoisotopic (exact) mass is 253 g/mol. The van der Waals surface area contributed by atoms with Crippen LogP contribution in [-0.2, 0) is 0 Å². The third-order valence-electron chi connectivity index (χ3n) is 4.75. The lowest BCUT2D eigenvalue weighted by Gasteiger charge is -2.32. The van der Waals surface area contributed by atoms with E-state index in [4.69, 9.17) is 0 Å². The van der Waals surface area contributed by atoms with Gasteiger partial charge < -0.3 is 5.32 Å². The molecule has 1 aliphatic carbocycles. The zero-order valence-corrected chi connectivity index (χ0v) is 13.2. The van der Waals surface area contributed by atoms with Gasteiger partial charge in [0.15, 0.2) is 0 Å². The standard InChI is InChI=1S/C17H35N/c1-5-7-8-13-17(3,4)14-18-16-11-9-15(6-2)10-12-16/h15-16,18H,5-14H2,1-4H3. The Morgan fingerprint density at radius 1 is 1.00 bits per heavy atom. The second-order valence-corrected chi connectivity index (χ2v) is 7.13. The normalized spacial score (nSPS) is 25.3. The summed E-state index contributed by atoms with van der Waals surface area (Å²) in [4.78, 5) is 0. The predicted molar refractivity (Wildman–Crippen MR) is 82.0 cm³/mol. The summed E-state index contributed by atoms with van der Waals surface area (Å²) in [6.07, 6.45) is 12.6. The van der Waals surface area contributed by atoms with Crippen LogP contribution in [0.25, 0.3) is 0 Å². The summed E-state index contributed by atoms with van der Waals surface area (Å²) in [7, 11) is 0. The van der Waals surface area contributed by atoms with Crippen molar-refractivity contribution in [1.82, 2.24) is 5.32 Å². The Balaban J connectivity index is 2.15. The Labute approximate surface area is 115 Å². The smallest absolute Gasteiger partial charge is 0.00674 e. The van der Waals surface area contributed by atoms with Crippen LogP contribution in [0.15, 0.2) is 0 Å². The highest BCUT2D eigenvalue weighted by Gasteiger charge is 2.23. The largest absolute Gasteiger partial charge is 0.313 e. The highest BCUT2D eigenvalue weighted by molar-refractivity contribution is 4.80.